The predicted molar refractivity (Wildman–Crippen MR) is 68.3 cm³/mol. The largest absolute Gasteiger partial charge is 0.479 e. The summed E-state index contributed by atoms with van der Waals surface area (Å²) >= 11 is 0. The average Bonchev–Trinajstić information content (AvgIpc) is 2.26. The highest BCUT2D eigenvalue weighted by Crippen LogP contribution is 2.61. The highest BCUT2D eigenvalue weighted by atomic mass is 16.5. The maximum absolute atomic E-state index is 10.7. The third kappa shape index (κ3) is 2.29. The number of carboxylic acid groups (broad SMARTS) is 1. The molecule has 0 radical (unpaired) electrons. The normalized spacial score (nSPS) is 43.1. The number of carbonyl (C=O) groups is 1. The molecule has 0 saturated heterocycles. The first kappa shape index (κ1) is 12.5. The van der Waals surface area contributed by atoms with Gasteiger partial charge in [-0.25, -0.2) is 4.79 Å². The molecule has 4 bridgehead atoms. The Morgan fingerprint density at radius 2 is 1.72 bits per heavy atom. The molecule has 0 unspecified atom stereocenters. The van der Waals surface area contributed by atoms with Crippen LogP contribution in [0.3, 0.4) is 0 Å². The Balaban J connectivity index is 1.54. The van der Waals surface area contributed by atoms with Gasteiger partial charge in [-0.3, -0.25) is 0 Å². The Bertz CT molecular complexity index is 301. The number of hydrogen-bond acceptors (Lipinski definition) is 2. The molecule has 102 valence electrons. The van der Waals surface area contributed by atoms with E-state index in [0.29, 0.717) is 12.0 Å². The zero-order valence-corrected chi connectivity index (χ0v) is 11.2. The number of hydrogen-bond donors (Lipinski definition) is 1. The lowest BCUT2D eigenvalue weighted by Crippen LogP contribution is -2.46. The number of aliphatic carboxylic acids is 1. The number of ether oxygens (including phenoxy) is 1. The van der Waals surface area contributed by atoms with Crippen LogP contribution < -0.4 is 0 Å². The average molecular weight is 252 g/mol. The Hall–Kier alpha value is -0.570. The second-order valence-electron chi connectivity index (χ2n) is 7.02. The van der Waals surface area contributed by atoms with Crippen molar-refractivity contribution in [2.45, 2.75) is 58.0 Å². The molecule has 0 heterocycles. The van der Waals surface area contributed by atoms with Gasteiger partial charge >= 0.3 is 5.97 Å². The fourth-order valence-electron chi connectivity index (χ4n) is 5.12. The highest BCUT2D eigenvalue weighted by Gasteiger charge is 2.50. The molecule has 0 amide bonds. The second kappa shape index (κ2) is 4.52. The van der Waals surface area contributed by atoms with Crippen LogP contribution in [0.2, 0.25) is 0 Å². The second-order valence-corrected chi connectivity index (χ2v) is 7.02. The first-order valence-electron chi connectivity index (χ1n) is 7.41. The van der Waals surface area contributed by atoms with Crippen LogP contribution in [0.15, 0.2) is 0 Å². The van der Waals surface area contributed by atoms with Crippen molar-refractivity contribution in [3.05, 3.63) is 0 Å². The third-order valence-electron chi connectivity index (χ3n) is 5.51. The molecule has 1 atom stereocenters. The van der Waals surface area contributed by atoms with E-state index in [1.54, 1.807) is 6.92 Å². The van der Waals surface area contributed by atoms with Crippen LogP contribution in [-0.4, -0.2) is 23.8 Å². The summed E-state index contributed by atoms with van der Waals surface area (Å²) < 4.78 is 5.44. The van der Waals surface area contributed by atoms with Gasteiger partial charge in [0.15, 0.2) is 6.10 Å². The molecule has 4 fully saturated rings. The number of carboxylic acids is 1. The van der Waals surface area contributed by atoms with E-state index >= 15 is 0 Å². The molecular formula is C15H24O3. The van der Waals surface area contributed by atoms with Crippen molar-refractivity contribution in [3.8, 4) is 0 Å². The summed E-state index contributed by atoms with van der Waals surface area (Å²) in [6, 6.07) is 0. The standard InChI is InChI=1S/C15H24O3/c1-10(14(16)17)18-3-2-15-7-11-4-12(8-15)6-13(5-11)9-15/h10-13H,2-9H2,1H3,(H,16,17)/t10-,11?,12?,13?,15?/m0/s1. The minimum atomic E-state index is -0.847. The predicted octanol–water partition coefficient (Wildman–Crippen LogP) is 3.08. The summed E-state index contributed by atoms with van der Waals surface area (Å²) in [7, 11) is 0. The summed E-state index contributed by atoms with van der Waals surface area (Å²) in [5, 5.41) is 8.82. The maximum Gasteiger partial charge on any atom is 0.332 e. The van der Waals surface area contributed by atoms with Crippen molar-refractivity contribution < 1.29 is 14.6 Å². The lowest BCUT2D eigenvalue weighted by Gasteiger charge is -2.57. The summed E-state index contributed by atoms with van der Waals surface area (Å²) in [6.45, 7) is 2.25. The van der Waals surface area contributed by atoms with E-state index < -0.39 is 12.1 Å². The smallest absolute Gasteiger partial charge is 0.332 e. The summed E-state index contributed by atoms with van der Waals surface area (Å²) in [6.07, 6.45) is 8.95. The van der Waals surface area contributed by atoms with Crippen LogP contribution in [-0.2, 0) is 9.53 Å². The summed E-state index contributed by atoms with van der Waals surface area (Å²) in [5.41, 5.74) is 0.507. The van der Waals surface area contributed by atoms with Gasteiger partial charge in [0.25, 0.3) is 0 Å². The fraction of sp³-hybridized carbons (Fsp3) is 0.933. The molecule has 3 nitrogen and oxygen atoms in total. The van der Waals surface area contributed by atoms with Gasteiger partial charge in [0.05, 0.1) is 0 Å². The monoisotopic (exact) mass is 252 g/mol. The Morgan fingerprint density at radius 3 is 2.17 bits per heavy atom. The number of rotatable bonds is 5. The minimum Gasteiger partial charge on any atom is -0.479 e. The van der Waals surface area contributed by atoms with E-state index in [1.807, 2.05) is 0 Å². The van der Waals surface area contributed by atoms with Crippen molar-refractivity contribution in [1.82, 2.24) is 0 Å². The zero-order valence-electron chi connectivity index (χ0n) is 11.2. The van der Waals surface area contributed by atoms with Crippen molar-refractivity contribution in [1.29, 1.82) is 0 Å². The van der Waals surface area contributed by atoms with Crippen LogP contribution in [0.4, 0.5) is 0 Å². The maximum atomic E-state index is 10.7. The quantitative estimate of drug-likeness (QED) is 0.818. The summed E-state index contributed by atoms with van der Waals surface area (Å²) in [4.78, 5) is 10.7. The minimum absolute atomic E-state index is 0.507. The van der Waals surface area contributed by atoms with Crippen LogP contribution in [0.25, 0.3) is 0 Å². The van der Waals surface area contributed by atoms with Gasteiger partial charge < -0.3 is 9.84 Å². The Morgan fingerprint density at radius 1 is 1.22 bits per heavy atom. The van der Waals surface area contributed by atoms with Crippen molar-refractivity contribution >= 4 is 5.97 Å². The molecule has 0 aliphatic heterocycles. The molecule has 0 spiro atoms. The van der Waals surface area contributed by atoms with Crippen LogP contribution in [0.1, 0.15) is 51.9 Å². The van der Waals surface area contributed by atoms with Crippen LogP contribution >= 0.6 is 0 Å². The van der Waals surface area contributed by atoms with Gasteiger partial charge in [0.2, 0.25) is 0 Å². The van der Waals surface area contributed by atoms with Crippen LogP contribution in [0, 0.1) is 23.2 Å². The lowest BCUT2D eigenvalue weighted by molar-refractivity contribution is -0.150. The first-order valence-corrected chi connectivity index (χ1v) is 7.41. The van der Waals surface area contributed by atoms with Gasteiger partial charge in [-0.2, -0.15) is 0 Å². The van der Waals surface area contributed by atoms with Gasteiger partial charge in [0, 0.05) is 6.61 Å². The van der Waals surface area contributed by atoms with E-state index in [1.165, 1.54) is 38.5 Å². The van der Waals surface area contributed by atoms with Crippen molar-refractivity contribution in [2.24, 2.45) is 23.2 Å². The molecule has 4 rings (SSSR count). The Kier molecular flexibility index (Phi) is 3.13. The summed E-state index contributed by atoms with van der Waals surface area (Å²) in [5.74, 6) is 2.05. The lowest BCUT2D eigenvalue weighted by atomic mass is 9.49. The van der Waals surface area contributed by atoms with Crippen molar-refractivity contribution in [2.75, 3.05) is 6.61 Å². The highest BCUT2D eigenvalue weighted by molar-refractivity contribution is 5.71. The van der Waals surface area contributed by atoms with E-state index in [2.05, 4.69) is 0 Å². The molecule has 1 N–H and O–H groups in total. The third-order valence-corrected chi connectivity index (χ3v) is 5.51. The topological polar surface area (TPSA) is 46.5 Å². The van der Waals surface area contributed by atoms with E-state index in [-0.39, 0.29) is 0 Å². The molecular weight excluding hydrogens is 228 g/mol. The zero-order chi connectivity index (χ0) is 12.8. The first-order chi connectivity index (χ1) is 8.56. The van der Waals surface area contributed by atoms with E-state index in [4.69, 9.17) is 9.84 Å². The van der Waals surface area contributed by atoms with Crippen LogP contribution in [0.5, 0.6) is 0 Å². The SMILES string of the molecule is C[C@H](OCCC12CC3CC(CC(C3)C1)C2)C(=O)O. The van der Waals surface area contributed by atoms with Gasteiger partial charge in [-0.15, -0.1) is 0 Å². The molecule has 0 aromatic carbocycles. The van der Waals surface area contributed by atoms with E-state index in [0.717, 1.165) is 24.2 Å². The Labute approximate surface area is 109 Å². The van der Waals surface area contributed by atoms with Gasteiger partial charge in [-0.05, 0) is 75.0 Å². The van der Waals surface area contributed by atoms with Gasteiger partial charge in [0.1, 0.15) is 0 Å². The van der Waals surface area contributed by atoms with Gasteiger partial charge in [-0.1, -0.05) is 0 Å². The molecule has 4 aliphatic carbocycles. The molecule has 0 aromatic rings. The van der Waals surface area contributed by atoms with E-state index in [9.17, 15) is 4.79 Å². The molecule has 18 heavy (non-hydrogen) atoms. The molecule has 0 aromatic heterocycles. The molecule has 3 heteroatoms. The van der Waals surface area contributed by atoms with Crippen molar-refractivity contribution in [3.63, 3.8) is 0 Å². The fourth-order valence-corrected chi connectivity index (χ4v) is 5.12. The molecule has 4 saturated carbocycles. The molecule has 4 aliphatic rings.